The van der Waals surface area contributed by atoms with E-state index in [-0.39, 0.29) is 18.1 Å². The minimum absolute atomic E-state index is 0.107. The smallest absolute Gasteiger partial charge is 0.320 e. The molecule has 30 heavy (non-hydrogen) atoms. The molecule has 3 atom stereocenters. The van der Waals surface area contributed by atoms with Gasteiger partial charge in [0.2, 0.25) is 5.91 Å². The third kappa shape index (κ3) is 4.67. The second-order valence-electron chi connectivity index (χ2n) is 10.1. The predicted molar refractivity (Wildman–Crippen MR) is 114 cm³/mol. The van der Waals surface area contributed by atoms with Gasteiger partial charge in [-0.2, -0.15) is 0 Å². The summed E-state index contributed by atoms with van der Waals surface area (Å²) in [5.41, 5.74) is 0. The van der Waals surface area contributed by atoms with Gasteiger partial charge in [0.25, 0.3) is 0 Å². The molecule has 0 aromatic rings. The second kappa shape index (κ2) is 9.02. The first kappa shape index (κ1) is 21.2. The number of hydrogen-bond donors (Lipinski definition) is 2. The van der Waals surface area contributed by atoms with Crippen molar-refractivity contribution in [1.29, 1.82) is 0 Å². The number of amides is 5. The Hall–Kier alpha value is -1.99. The number of carbonyl (C=O) groups excluding carboxylic acids is 3. The SMILES string of the molecule is CC(C)CNC(=O)NC1CCN(C(=O)N2CC3CC(C2)[C@H]2CCCC(=O)N2C3)CC1. The highest BCUT2D eigenvalue weighted by molar-refractivity contribution is 5.78. The Kier molecular flexibility index (Phi) is 6.39. The van der Waals surface area contributed by atoms with Gasteiger partial charge in [0.15, 0.2) is 0 Å². The molecule has 0 radical (unpaired) electrons. The van der Waals surface area contributed by atoms with E-state index in [9.17, 15) is 14.4 Å². The molecular weight excluding hydrogens is 382 g/mol. The molecule has 2 unspecified atom stereocenters. The molecule has 0 aromatic heterocycles. The van der Waals surface area contributed by atoms with Crippen molar-refractivity contribution in [2.75, 3.05) is 39.3 Å². The van der Waals surface area contributed by atoms with Crippen molar-refractivity contribution in [2.24, 2.45) is 17.8 Å². The fourth-order valence-electron chi connectivity index (χ4n) is 5.71. The molecule has 4 aliphatic rings. The lowest BCUT2D eigenvalue weighted by molar-refractivity contribution is -0.144. The molecule has 4 aliphatic heterocycles. The topological polar surface area (TPSA) is 85.0 Å². The van der Waals surface area contributed by atoms with Gasteiger partial charge in [0.1, 0.15) is 0 Å². The number of nitrogens with zero attached hydrogens (tertiary/aromatic N) is 3. The van der Waals surface area contributed by atoms with Crippen molar-refractivity contribution < 1.29 is 14.4 Å². The van der Waals surface area contributed by atoms with Crippen molar-refractivity contribution in [2.45, 2.75) is 64.5 Å². The summed E-state index contributed by atoms with van der Waals surface area (Å²) >= 11 is 0. The lowest BCUT2D eigenvalue weighted by atomic mass is 9.76. The summed E-state index contributed by atoms with van der Waals surface area (Å²) in [5, 5.41) is 5.94. The van der Waals surface area contributed by atoms with Gasteiger partial charge < -0.3 is 25.3 Å². The van der Waals surface area contributed by atoms with Crippen LogP contribution in [0.4, 0.5) is 9.59 Å². The number of hydrogen-bond acceptors (Lipinski definition) is 3. The second-order valence-corrected chi connectivity index (χ2v) is 10.1. The Labute approximate surface area is 179 Å². The van der Waals surface area contributed by atoms with E-state index in [1.807, 2.05) is 9.80 Å². The van der Waals surface area contributed by atoms with Crippen molar-refractivity contribution >= 4 is 18.0 Å². The van der Waals surface area contributed by atoms with Crippen LogP contribution in [0.2, 0.25) is 0 Å². The highest BCUT2D eigenvalue weighted by Gasteiger charge is 2.45. The van der Waals surface area contributed by atoms with Crippen LogP contribution in [0.5, 0.6) is 0 Å². The maximum atomic E-state index is 13.2. The van der Waals surface area contributed by atoms with Gasteiger partial charge in [0.05, 0.1) is 0 Å². The molecule has 0 aromatic carbocycles. The third-order valence-electron chi connectivity index (χ3n) is 7.22. The summed E-state index contributed by atoms with van der Waals surface area (Å²) in [6, 6.07) is 0.494. The number of fused-ring (bicyclic) bond motifs is 4. The summed E-state index contributed by atoms with van der Waals surface area (Å²) in [6.07, 6.45) is 5.51. The molecule has 0 spiro atoms. The minimum Gasteiger partial charge on any atom is -0.339 e. The molecule has 168 valence electrons. The van der Waals surface area contributed by atoms with Crippen LogP contribution < -0.4 is 10.6 Å². The van der Waals surface area contributed by atoms with Gasteiger partial charge in [-0.3, -0.25) is 4.79 Å². The van der Waals surface area contributed by atoms with Crippen molar-refractivity contribution in [1.82, 2.24) is 25.3 Å². The van der Waals surface area contributed by atoms with E-state index in [1.54, 1.807) is 0 Å². The van der Waals surface area contributed by atoms with E-state index in [0.29, 0.717) is 55.8 Å². The van der Waals surface area contributed by atoms with Gasteiger partial charge in [-0.25, -0.2) is 9.59 Å². The number of piperidine rings is 4. The lowest BCUT2D eigenvalue weighted by Gasteiger charge is -2.53. The first-order valence-electron chi connectivity index (χ1n) is 11.8. The molecule has 4 saturated heterocycles. The summed E-state index contributed by atoms with van der Waals surface area (Å²) in [4.78, 5) is 43.6. The average Bonchev–Trinajstić information content (AvgIpc) is 2.73. The fourth-order valence-corrected chi connectivity index (χ4v) is 5.71. The van der Waals surface area contributed by atoms with E-state index < -0.39 is 0 Å². The monoisotopic (exact) mass is 419 g/mol. The standard InChI is InChI=1S/C22H37N5O3/c1-15(2)11-23-21(29)24-18-6-8-25(9-7-18)22(30)26-12-16-10-17(14-26)19-4-3-5-20(28)27(19)13-16/h15-19H,3-14H2,1-2H3,(H2,23,24,29)/t16?,17?,19-/m1/s1. The molecule has 0 saturated carbocycles. The van der Waals surface area contributed by atoms with Gasteiger partial charge in [-0.05, 0) is 49.9 Å². The van der Waals surface area contributed by atoms with Crippen LogP contribution in [0.15, 0.2) is 0 Å². The van der Waals surface area contributed by atoms with Crippen LogP contribution in [0.3, 0.4) is 0 Å². The first-order valence-corrected chi connectivity index (χ1v) is 11.8. The van der Waals surface area contributed by atoms with E-state index in [2.05, 4.69) is 29.4 Å². The maximum absolute atomic E-state index is 13.2. The summed E-state index contributed by atoms with van der Waals surface area (Å²) in [7, 11) is 0. The van der Waals surface area contributed by atoms with Gasteiger partial charge in [-0.15, -0.1) is 0 Å². The molecule has 2 bridgehead atoms. The fraction of sp³-hybridized carbons (Fsp3) is 0.864. The van der Waals surface area contributed by atoms with Crippen LogP contribution >= 0.6 is 0 Å². The van der Waals surface area contributed by atoms with Gasteiger partial charge in [-0.1, -0.05) is 13.8 Å². The van der Waals surface area contributed by atoms with Crippen LogP contribution in [0, 0.1) is 17.8 Å². The normalized spacial score (nSPS) is 29.6. The third-order valence-corrected chi connectivity index (χ3v) is 7.22. The zero-order valence-corrected chi connectivity index (χ0v) is 18.4. The zero-order chi connectivity index (χ0) is 21.3. The Morgan fingerprint density at radius 1 is 1.07 bits per heavy atom. The summed E-state index contributed by atoms with van der Waals surface area (Å²) in [6.45, 7) is 8.56. The summed E-state index contributed by atoms with van der Waals surface area (Å²) in [5.74, 6) is 1.58. The molecule has 4 rings (SSSR count). The molecule has 4 heterocycles. The summed E-state index contributed by atoms with van der Waals surface area (Å²) < 4.78 is 0. The van der Waals surface area contributed by atoms with E-state index in [1.165, 1.54) is 0 Å². The highest BCUT2D eigenvalue weighted by atomic mass is 16.2. The minimum atomic E-state index is -0.107. The van der Waals surface area contributed by atoms with Crippen LogP contribution in [0.1, 0.15) is 52.4 Å². The maximum Gasteiger partial charge on any atom is 0.320 e. The Morgan fingerprint density at radius 2 is 1.83 bits per heavy atom. The van der Waals surface area contributed by atoms with E-state index in [4.69, 9.17) is 0 Å². The Balaban J connectivity index is 1.26. The number of urea groups is 2. The van der Waals surface area contributed by atoms with Crippen LogP contribution in [-0.2, 0) is 4.79 Å². The molecular formula is C22H37N5O3. The largest absolute Gasteiger partial charge is 0.339 e. The quantitative estimate of drug-likeness (QED) is 0.732. The molecule has 5 amide bonds. The molecule has 8 heteroatoms. The van der Waals surface area contributed by atoms with Crippen molar-refractivity contribution in [3.05, 3.63) is 0 Å². The molecule has 4 fully saturated rings. The average molecular weight is 420 g/mol. The van der Waals surface area contributed by atoms with Crippen molar-refractivity contribution in [3.63, 3.8) is 0 Å². The molecule has 0 aliphatic carbocycles. The van der Waals surface area contributed by atoms with Gasteiger partial charge >= 0.3 is 12.1 Å². The Morgan fingerprint density at radius 3 is 2.57 bits per heavy atom. The molecule has 8 nitrogen and oxygen atoms in total. The first-order chi connectivity index (χ1) is 14.4. The number of carbonyl (C=O) groups is 3. The predicted octanol–water partition coefficient (Wildman–Crippen LogP) is 1.86. The van der Waals surface area contributed by atoms with Crippen LogP contribution in [0.25, 0.3) is 0 Å². The lowest BCUT2D eigenvalue weighted by Crippen LogP contribution is -2.62. The number of nitrogens with one attached hydrogen (secondary N) is 2. The highest BCUT2D eigenvalue weighted by Crippen LogP contribution is 2.38. The van der Waals surface area contributed by atoms with E-state index >= 15 is 0 Å². The number of rotatable bonds is 3. The Bertz CT molecular complexity index is 661. The van der Waals surface area contributed by atoms with Crippen LogP contribution in [-0.4, -0.2) is 84.0 Å². The van der Waals surface area contributed by atoms with Gasteiger partial charge in [0, 0.05) is 57.8 Å². The zero-order valence-electron chi connectivity index (χ0n) is 18.4. The van der Waals surface area contributed by atoms with Crippen molar-refractivity contribution in [3.8, 4) is 0 Å². The number of likely N-dealkylation sites (tertiary alicyclic amines) is 2. The van der Waals surface area contributed by atoms with E-state index in [0.717, 1.165) is 51.7 Å². The molecule has 2 N–H and O–H groups in total.